The first-order valence-electron chi connectivity index (χ1n) is 3.14. The fourth-order valence-electron chi connectivity index (χ4n) is 0.580. The van der Waals surface area contributed by atoms with Gasteiger partial charge >= 0.3 is 0 Å². The van der Waals surface area contributed by atoms with Crippen LogP contribution in [-0.2, 0) is 0 Å². The number of alkyl halides is 2. The van der Waals surface area contributed by atoms with Gasteiger partial charge < -0.3 is 5.73 Å². The van der Waals surface area contributed by atoms with Crippen LogP contribution in [-0.4, -0.2) is 12.5 Å². The van der Waals surface area contributed by atoms with E-state index in [4.69, 9.17) is 5.73 Å². The molecule has 0 aromatic heterocycles. The smallest absolute Gasteiger partial charge is 0.245 e. The Morgan fingerprint density at radius 1 is 1.33 bits per heavy atom. The molecule has 0 rings (SSSR count). The molecule has 1 nitrogen and oxygen atoms in total. The van der Waals surface area contributed by atoms with Crippen LogP contribution in [0.4, 0.5) is 8.78 Å². The van der Waals surface area contributed by atoms with E-state index in [2.05, 4.69) is 0 Å². The Balaban J connectivity index is 3.07. The highest BCUT2D eigenvalue weighted by Crippen LogP contribution is 2.18. The molecule has 0 bridgehead atoms. The summed E-state index contributed by atoms with van der Waals surface area (Å²) in [6, 6.07) is 0. The van der Waals surface area contributed by atoms with Gasteiger partial charge in [0.1, 0.15) is 0 Å². The number of hydrogen-bond donors (Lipinski definition) is 1. The quantitative estimate of drug-likeness (QED) is 0.587. The van der Waals surface area contributed by atoms with E-state index in [0.717, 1.165) is 6.92 Å². The van der Waals surface area contributed by atoms with E-state index in [9.17, 15) is 8.78 Å². The maximum atomic E-state index is 12.0. The maximum Gasteiger partial charge on any atom is 0.245 e. The van der Waals surface area contributed by atoms with Gasteiger partial charge in [-0.15, -0.1) is 0 Å². The molecule has 0 aromatic carbocycles. The van der Waals surface area contributed by atoms with Crippen LogP contribution in [0.25, 0.3) is 0 Å². The first-order chi connectivity index (χ1) is 4.06. The van der Waals surface area contributed by atoms with E-state index < -0.39 is 5.92 Å². The average Bonchev–Trinajstić information content (AvgIpc) is 1.63. The molecule has 3 heteroatoms. The normalized spacial score (nSPS) is 12.0. The summed E-state index contributed by atoms with van der Waals surface area (Å²) < 4.78 is 24.0. The van der Waals surface area contributed by atoms with Gasteiger partial charge in [-0.05, 0) is 26.3 Å². The lowest BCUT2D eigenvalue weighted by Gasteiger charge is -2.07. The molecule has 0 aromatic rings. The average molecular weight is 137 g/mol. The molecule has 0 radical (unpaired) electrons. The molecule has 0 amide bonds. The predicted molar refractivity (Wildman–Crippen MR) is 33.5 cm³/mol. The van der Waals surface area contributed by atoms with E-state index in [0.29, 0.717) is 19.4 Å². The molecule has 0 atom stereocenters. The van der Waals surface area contributed by atoms with Gasteiger partial charge in [0.05, 0.1) is 0 Å². The lowest BCUT2D eigenvalue weighted by molar-refractivity contribution is 0.0107. The minimum absolute atomic E-state index is 0.0375. The summed E-state index contributed by atoms with van der Waals surface area (Å²) in [6.45, 7) is 1.44. The van der Waals surface area contributed by atoms with Crippen molar-refractivity contribution in [1.82, 2.24) is 0 Å². The van der Waals surface area contributed by atoms with Crippen LogP contribution in [0.2, 0.25) is 0 Å². The monoisotopic (exact) mass is 137 g/mol. The van der Waals surface area contributed by atoms with Crippen molar-refractivity contribution < 1.29 is 8.78 Å². The van der Waals surface area contributed by atoms with Crippen molar-refractivity contribution >= 4 is 0 Å². The van der Waals surface area contributed by atoms with Crippen molar-refractivity contribution in [1.29, 1.82) is 0 Å². The molecular formula is C6H13F2N. The van der Waals surface area contributed by atoms with Crippen LogP contribution in [0.15, 0.2) is 0 Å². The van der Waals surface area contributed by atoms with Crippen LogP contribution in [0, 0.1) is 0 Å². The van der Waals surface area contributed by atoms with Crippen LogP contribution in [0.3, 0.4) is 0 Å². The molecule has 0 saturated carbocycles. The summed E-state index contributed by atoms with van der Waals surface area (Å²) >= 11 is 0. The van der Waals surface area contributed by atoms with Crippen molar-refractivity contribution in [3.05, 3.63) is 0 Å². The zero-order chi connectivity index (χ0) is 7.33. The summed E-state index contributed by atoms with van der Waals surface area (Å²) in [5.74, 6) is -2.50. The number of nitrogens with two attached hydrogens (primary N) is 1. The Bertz CT molecular complexity index is 67.9. The third-order valence-electron chi connectivity index (χ3n) is 1.07. The molecule has 9 heavy (non-hydrogen) atoms. The predicted octanol–water partition coefficient (Wildman–Crippen LogP) is 1.77. The Labute approximate surface area is 54.2 Å². The molecule has 0 unspecified atom stereocenters. The van der Waals surface area contributed by atoms with E-state index in [1.54, 1.807) is 0 Å². The number of unbranched alkanes of at least 4 members (excludes halogenated alkanes) is 1. The Hall–Kier alpha value is -0.180. The van der Waals surface area contributed by atoms with Gasteiger partial charge in [-0.3, -0.25) is 0 Å². The van der Waals surface area contributed by atoms with Gasteiger partial charge in [0, 0.05) is 6.42 Å². The molecule has 56 valence electrons. The molecule has 0 aliphatic rings. The Morgan fingerprint density at radius 2 is 1.89 bits per heavy atom. The molecule has 0 saturated heterocycles. The largest absolute Gasteiger partial charge is 0.330 e. The van der Waals surface area contributed by atoms with Crippen molar-refractivity contribution in [3.8, 4) is 0 Å². The number of rotatable bonds is 4. The van der Waals surface area contributed by atoms with E-state index >= 15 is 0 Å². The molecule has 2 N–H and O–H groups in total. The number of hydrogen-bond acceptors (Lipinski definition) is 1. The number of halogens is 2. The van der Waals surface area contributed by atoms with Gasteiger partial charge in [-0.2, -0.15) is 0 Å². The molecule has 0 fully saturated rings. The molecule has 0 spiro atoms. The van der Waals surface area contributed by atoms with Gasteiger partial charge in [-0.1, -0.05) is 0 Å². The highest BCUT2D eigenvalue weighted by molar-refractivity contribution is 4.57. The second-order valence-corrected chi connectivity index (χ2v) is 2.32. The van der Waals surface area contributed by atoms with Crippen molar-refractivity contribution in [3.63, 3.8) is 0 Å². The van der Waals surface area contributed by atoms with Crippen LogP contribution in [0.5, 0.6) is 0 Å². The summed E-state index contributed by atoms with van der Waals surface area (Å²) in [6.07, 6.45) is 1.19. The van der Waals surface area contributed by atoms with Gasteiger partial charge in [-0.25, -0.2) is 8.78 Å². The lowest BCUT2D eigenvalue weighted by atomic mass is 10.2. The molecule has 0 aliphatic heterocycles. The van der Waals surface area contributed by atoms with E-state index in [-0.39, 0.29) is 6.42 Å². The Kier molecular flexibility index (Phi) is 3.70. The van der Waals surface area contributed by atoms with E-state index in [1.807, 2.05) is 0 Å². The zero-order valence-electron chi connectivity index (χ0n) is 5.66. The van der Waals surface area contributed by atoms with Crippen molar-refractivity contribution in [2.45, 2.75) is 32.1 Å². The summed E-state index contributed by atoms with van der Waals surface area (Å²) in [4.78, 5) is 0. The third kappa shape index (κ3) is 7.82. The maximum absolute atomic E-state index is 12.0. The summed E-state index contributed by atoms with van der Waals surface area (Å²) in [7, 11) is 0. The minimum atomic E-state index is -2.50. The SMILES string of the molecule is CC(F)(F)CCCCN. The van der Waals surface area contributed by atoms with Crippen LogP contribution >= 0.6 is 0 Å². The standard InChI is InChI=1S/C6H13F2N/c1-6(7,8)4-2-3-5-9/h2-5,9H2,1H3. The second kappa shape index (κ2) is 3.77. The van der Waals surface area contributed by atoms with Crippen molar-refractivity contribution in [2.75, 3.05) is 6.54 Å². The zero-order valence-corrected chi connectivity index (χ0v) is 5.66. The molecular weight excluding hydrogens is 124 g/mol. The van der Waals surface area contributed by atoms with Crippen LogP contribution in [0.1, 0.15) is 26.2 Å². The van der Waals surface area contributed by atoms with Gasteiger partial charge in [0.15, 0.2) is 0 Å². The summed E-state index contributed by atoms with van der Waals surface area (Å²) in [5, 5.41) is 0. The first-order valence-corrected chi connectivity index (χ1v) is 3.14. The van der Waals surface area contributed by atoms with Crippen molar-refractivity contribution in [2.24, 2.45) is 5.73 Å². The fraction of sp³-hybridized carbons (Fsp3) is 1.00. The minimum Gasteiger partial charge on any atom is -0.330 e. The van der Waals surface area contributed by atoms with Gasteiger partial charge in [0.25, 0.3) is 0 Å². The third-order valence-corrected chi connectivity index (χ3v) is 1.07. The van der Waals surface area contributed by atoms with Crippen LogP contribution < -0.4 is 5.73 Å². The first kappa shape index (κ1) is 8.82. The highest BCUT2D eigenvalue weighted by atomic mass is 19.3. The Morgan fingerprint density at radius 3 is 2.22 bits per heavy atom. The van der Waals surface area contributed by atoms with Gasteiger partial charge in [0.2, 0.25) is 5.92 Å². The second-order valence-electron chi connectivity index (χ2n) is 2.32. The fourth-order valence-corrected chi connectivity index (χ4v) is 0.580. The topological polar surface area (TPSA) is 26.0 Å². The lowest BCUT2D eigenvalue weighted by Crippen LogP contribution is -2.10. The van der Waals surface area contributed by atoms with E-state index in [1.165, 1.54) is 0 Å². The summed E-state index contributed by atoms with van der Waals surface area (Å²) in [5.41, 5.74) is 5.11. The molecule has 0 aliphatic carbocycles. The highest BCUT2D eigenvalue weighted by Gasteiger charge is 2.19. The molecule has 0 heterocycles.